The van der Waals surface area contributed by atoms with Crippen molar-refractivity contribution in [3.63, 3.8) is 0 Å². The van der Waals surface area contributed by atoms with Crippen molar-refractivity contribution in [1.82, 2.24) is 10.2 Å². The summed E-state index contributed by atoms with van der Waals surface area (Å²) in [6, 6.07) is -0.262. The smallest absolute Gasteiger partial charge is 0.323 e. The average Bonchev–Trinajstić information content (AvgIpc) is 2.59. The lowest BCUT2D eigenvalue weighted by Crippen LogP contribution is -2.38. The molecule has 0 aromatic heterocycles. The molecule has 1 rings (SSSR count). The van der Waals surface area contributed by atoms with Gasteiger partial charge in [0.2, 0.25) is 0 Å². The lowest BCUT2D eigenvalue weighted by Gasteiger charge is -2.21. The minimum atomic E-state index is -0.399. The van der Waals surface area contributed by atoms with Crippen LogP contribution in [0.25, 0.3) is 0 Å². The van der Waals surface area contributed by atoms with E-state index in [4.69, 9.17) is 4.74 Å². The van der Waals surface area contributed by atoms with Gasteiger partial charge in [0.15, 0.2) is 0 Å². The quantitative estimate of drug-likeness (QED) is 0.465. The van der Waals surface area contributed by atoms with Gasteiger partial charge in [-0.15, -0.1) is 0 Å². The molecule has 88 valence electrons. The molecule has 5 heteroatoms. The van der Waals surface area contributed by atoms with Crippen molar-refractivity contribution in [2.24, 2.45) is 0 Å². The lowest BCUT2D eigenvalue weighted by molar-refractivity contribution is -0.145. The van der Waals surface area contributed by atoms with Crippen LogP contribution in [0.5, 0.6) is 0 Å². The van der Waals surface area contributed by atoms with Crippen LogP contribution in [-0.2, 0) is 9.53 Å². The highest BCUT2D eigenvalue weighted by Gasteiger charge is 2.35. The van der Waals surface area contributed by atoms with Crippen LogP contribution >= 0.6 is 0 Å². The molecule has 1 saturated heterocycles. The molecule has 2 atom stereocenters. The summed E-state index contributed by atoms with van der Waals surface area (Å²) < 4.78 is 4.71. The van der Waals surface area contributed by atoms with Crippen molar-refractivity contribution < 1.29 is 14.6 Å². The van der Waals surface area contributed by atoms with Gasteiger partial charge in [0.05, 0.1) is 13.2 Å². The fourth-order valence-corrected chi connectivity index (χ4v) is 1.97. The Labute approximate surface area is 90.4 Å². The van der Waals surface area contributed by atoms with Crippen molar-refractivity contribution in [3.05, 3.63) is 0 Å². The number of methoxy groups -OCH3 is 1. The Kier molecular flexibility index (Phi) is 5.01. The largest absolute Gasteiger partial charge is 0.468 e. The van der Waals surface area contributed by atoms with Gasteiger partial charge in [0.25, 0.3) is 0 Å². The lowest BCUT2D eigenvalue weighted by atomic mass is 10.2. The number of carbonyl (C=O) groups excluding carboxylic acids is 1. The highest BCUT2D eigenvalue weighted by Crippen LogP contribution is 2.18. The van der Waals surface area contributed by atoms with Crippen LogP contribution in [0.2, 0.25) is 0 Å². The van der Waals surface area contributed by atoms with Crippen molar-refractivity contribution in [3.8, 4) is 0 Å². The van der Waals surface area contributed by atoms with Crippen LogP contribution in [0.4, 0.5) is 0 Å². The summed E-state index contributed by atoms with van der Waals surface area (Å²) in [5.41, 5.74) is 0. The molecule has 1 aliphatic rings. The molecule has 0 spiro atoms. The molecule has 5 nitrogen and oxygen atoms in total. The minimum absolute atomic E-state index is 0.240. The predicted octanol–water partition coefficient (Wildman–Crippen LogP) is -0.796. The van der Waals surface area contributed by atoms with Crippen LogP contribution < -0.4 is 5.32 Å². The van der Waals surface area contributed by atoms with E-state index in [1.165, 1.54) is 7.11 Å². The number of rotatable bonds is 5. The third kappa shape index (κ3) is 3.44. The summed E-state index contributed by atoms with van der Waals surface area (Å²) in [4.78, 5) is 13.4. The maximum atomic E-state index is 11.4. The predicted molar refractivity (Wildman–Crippen MR) is 56.5 cm³/mol. The number of aliphatic hydroxyl groups is 1. The molecule has 1 aliphatic heterocycles. The van der Waals surface area contributed by atoms with Gasteiger partial charge in [-0.1, -0.05) is 0 Å². The molecule has 0 radical (unpaired) electrons. The Morgan fingerprint density at radius 3 is 3.00 bits per heavy atom. The van der Waals surface area contributed by atoms with E-state index < -0.39 is 6.10 Å². The number of ether oxygens (including phenoxy) is 1. The van der Waals surface area contributed by atoms with Gasteiger partial charge in [0.1, 0.15) is 6.04 Å². The Balaban J connectivity index is 2.42. The summed E-state index contributed by atoms with van der Waals surface area (Å²) in [5.74, 6) is -0.240. The van der Waals surface area contributed by atoms with Gasteiger partial charge in [-0.2, -0.15) is 0 Å². The van der Waals surface area contributed by atoms with E-state index in [0.717, 1.165) is 19.5 Å². The number of carbonyl (C=O) groups is 1. The Morgan fingerprint density at radius 1 is 1.67 bits per heavy atom. The van der Waals surface area contributed by atoms with Gasteiger partial charge < -0.3 is 15.2 Å². The zero-order chi connectivity index (χ0) is 11.3. The average molecular weight is 216 g/mol. The Bertz CT molecular complexity index is 211. The van der Waals surface area contributed by atoms with Gasteiger partial charge in [-0.05, 0) is 20.0 Å². The number of β-amino-alcohol motifs (C(OH)–C–C–N with tert-alkyl or cyclic N) is 1. The number of nitrogens with one attached hydrogen (secondary N) is 1. The fraction of sp³-hybridized carbons (Fsp3) is 0.900. The molecule has 0 saturated carbocycles. The zero-order valence-corrected chi connectivity index (χ0v) is 9.40. The molecule has 1 heterocycles. The van der Waals surface area contributed by atoms with E-state index in [9.17, 15) is 9.90 Å². The van der Waals surface area contributed by atoms with Crippen LogP contribution in [-0.4, -0.2) is 61.9 Å². The molecule has 2 unspecified atom stereocenters. The third-order valence-electron chi connectivity index (χ3n) is 2.73. The zero-order valence-electron chi connectivity index (χ0n) is 9.40. The summed E-state index contributed by atoms with van der Waals surface area (Å²) in [7, 11) is 3.29. The first-order valence-electron chi connectivity index (χ1n) is 5.33. The number of hydrogen-bond donors (Lipinski definition) is 2. The second-order valence-corrected chi connectivity index (χ2v) is 3.88. The molecular weight excluding hydrogens is 196 g/mol. The standard InChI is InChI=1S/C10H20N2O3/c1-11-4-3-5-12-7-8(13)6-9(12)10(14)15-2/h8-9,11,13H,3-7H2,1-2H3. The number of likely N-dealkylation sites (tertiary alicyclic amines) is 1. The second-order valence-electron chi connectivity index (χ2n) is 3.88. The fourth-order valence-electron chi connectivity index (χ4n) is 1.97. The Hall–Kier alpha value is -0.650. The first-order chi connectivity index (χ1) is 7.19. The van der Waals surface area contributed by atoms with Gasteiger partial charge in [-0.3, -0.25) is 9.69 Å². The van der Waals surface area contributed by atoms with Crippen LogP contribution in [0.15, 0.2) is 0 Å². The number of nitrogens with zero attached hydrogens (tertiary/aromatic N) is 1. The van der Waals surface area contributed by atoms with Crippen LogP contribution in [0.1, 0.15) is 12.8 Å². The van der Waals surface area contributed by atoms with E-state index >= 15 is 0 Å². The highest BCUT2D eigenvalue weighted by molar-refractivity contribution is 5.76. The van der Waals surface area contributed by atoms with Gasteiger partial charge in [0, 0.05) is 19.5 Å². The van der Waals surface area contributed by atoms with Crippen molar-refractivity contribution in [1.29, 1.82) is 0 Å². The summed E-state index contributed by atoms with van der Waals surface area (Å²) in [6.07, 6.45) is 1.06. The van der Waals surface area contributed by atoms with Crippen LogP contribution in [0.3, 0.4) is 0 Å². The number of aliphatic hydroxyl groups excluding tert-OH is 1. The monoisotopic (exact) mass is 216 g/mol. The van der Waals surface area contributed by atoms with Gasteiger partial charge >= 0.3 is 5.97 Å². The van der Waals surface area contributed by atoms with E-state index in [1.807, 2.05) is 11.9 Å². The van der Waals surface area contributed by atoms with Crippen molar-refractivity contribution in [2.45, 2.75) is 25.0 Å². The van der Waals surface area contributed by atoms with E-state index in [0.29, 0.717) is 13.0 Å². The van der Waals surface area contributed by atoms with E-state index in [2.05, 4.69) is 5.32 Å². The first-order valence-corrected chi connectivity index (χ1v) is 5.33. The maximum absolute atomic E-state index is 11.4. The SMILES string of the molecule is CNCCCN1CC(O)CC1C(=O)OC. The molecule has 0 aromatic carbocycles. The minimum Gasteiger partial charge on any atom is -0.468 e. The normalized spacial score (nSPS) is 26.9. The molecule has 15 heavy (non-hydrogen) atoms. The second kappa shape index (κ2) is 6.05. The van der Waals surface area contributed by atoms with Gasteiger partial charge in [-0.25, -0.2) is 0 Å². The molecule has 1 fully saturated rings. The maximum Gasteiger partial charge on any atom is 0.323 e. The van der Waals surface area contributed by atoms with Crippen LogP contribution in [0, 0.1) is 0 Å². The number of esters is 1. The summed E-state index contributed by atoms with van der Waals surface area (Å²) >= 11 is 0. The molecule has 0 bridgehead atoms. The molecule has 0 aliphatic carbocycles. The third-order valence-corrected chi connectivity index (χ3v) is 2.73. The number of hydrogen-bond acceptors (Lipinski definition) is 5. The summed E-state index contributed by atoms with van der Waals surface area (Å²) in [5, 5.41) is 12.6. The molecule has 0 amide bonds. The Morgan fingerprint density at radius 2 is 2.40 bits per heavy atom. The van der Waals surface area contributed by atoms with Crippen molar-refractivity contribution in [2.75, 3.05) is 33.8 Å². The molecule has 2 N–H and O–H groups in total. The van der Waals surface area contributed by atoms with E-state index in [1.54, 1.807) is 0 Å². The van der Waals surface area contributed by atoms with E-state index in [-0.39, 0.29) is 12.0 Å². The topological polar surface area (TPSA) is 61.8 Å². The highest BCUT2D eigenvalue weighted by atomic mass is 16.5. The summed E-state index contributed by atoms with van der Waals surface area (Å²) in [6.45, 7) is 2.31. The molecule has 0 aromatic rings. The van der Waals surface area contributed by atoms with Crippen molar-refractivity contribution >= 4 is 5.97 Å². The first kappa shape index (κ1) is 12.4. The molecular formula is C10H20N2O3.